The van der Waals surface area contributed by atoms with Crippen LogP contribution in [0.3, 0.4) is 0 Å². The number of benzene rings is 1. The highest BCUT2D eigenvalue weighted by Crippen LogP contribution is 2.12. The Hall–Kier alpha value is -2.41. The van der Waals surface area contributed by atoms with E-state index < -0.39 is 5.97 Å². The molecule has 0 aliphatic carbocycles. The summed E-state index contributed by atoms with van der Waals surface area (Å²) in [5.41, 5.74) is 1.50. The number of hydrogen-bond donors (Lipinski definition) is 1. The summed E-state index contributed by atoms with van der Waals surface area (Å²) in [6, 6.07) is 7.69. The number of hydrogen-bond acceptors (Lipinski definition) is 5. The van der Waals surface area contributed by atoms with E-state index in [9.17, 15) is 4.79 Å². The molecule has 1 aromatic carbocycles. The fourth-order valence-corrected chi connectivity index (χ4v) is 1.84. The molecule has 0 bridgehead atoms. The zero-order valence-corrected chi connectivity index (χ0v) is 11.9. The van der Waals surface area contributed by atoms with E-state index in [1.807, 2.05) is 31.2 Å². The lowest BCUT2D eigenvalue weighted by atomic mass is 10.2. The van der Waals surface area contributed by atoms with Crippen LogP contribution in [0, 0.1) is 6.92 Å². The lowest BCUT2D eigenvalue weighted by Gasteiger charge is -2.08. The largest absolute Gasteiger partial charge is 0.492 e. The smallest absolute Gasteiger partial charge is 0.358 e. The van der Waals surface area contributed by atoms with Crippen LogP contribution in [0.4, 0.5) is 0 Å². The molecule has 0 atom stereocenters. The minimum Gasteiger partial charge on any atom is -0.492 e. The van der Waals surface area contributed by atoms with Gasteiger partial charge in [-0.15, -0.1) is 5.10 Å². The van der Waals surface area contributed by atoms with Crippen LogP contribution >= 0.6 is 0 Å². The van der Waals surface area contributed by atoms with Crippen molar-refractivity contribution in [3.8, 4) is 5.75 Å². The molecule has 0 aliphatic heterocycles. The molecule has 112 valence electrons. The van der Waals surface area contributed by atoms with Gasteiger partial charge < -0.3 is 14.6 Å². The Morgan fingerprint density at radius 3 is 2.67 bits per heavy atom. The van der Waals surface area contributed by atoms with Gasteiger partial charge in [-0.3, -0.25) is 0 Å². The van der Waals surface area contributed by atoms with Gasteiger partial charge in [0.2, 0.25) is 0 Å². The maximum atomic E-state index is 11.0. The molecular weight excluding hydrogens is 274 g/mol. The van der Waals surface area contributed by atoms with Crippen LogP contribution in [0.5, 0.6) is 5.75 Å². The second kappa shape index (κ2) is 6.85. The number of aromatic nitrogens is 3. The number of aryl methyl sites for hydroxylation is 1. The number of aromatic carboxylic acids is 1. The van der Waals surface area contributed by atoms with Gasteiger partial charge in [0, 0.05) is 7.11 Å². The Balaban J connectivity index is 1.99. The van der Waals surface area contributed by atoms with E-state index in [1.54, 1.807) is 0 Å². The monoisotopic (exact) mass is 291 g/mol. The molecule has 0 fully saturated rings. The minimum atomic E-state index is -1.12. The highest BCUT2D eigenvalue weighted by atomic mass is 16.5. The molecule has 2 aromatic rings. The standard InChI is InChI=1S/C14H17N3O4/c1-10-3-5-11(6-4-10)21-8-7-17-12(9-20-2)13(14(18)19)15-16-17/h3-6H,7-9H2,1-2H3,(H,18,19). The fourth-order valence-electron chi connectivity index (χ4n) is 1.84. The summed E-state index contributed by atoms with van der Waals surface area (Å²) < 4.78 is 12.1. The molecule has 1 aromatic heterocycles. The second-order valence-corrected chi connectivity index (χ2v) is 4.51. The van der Waals surface area contributed by atoms with Crippen LogP contribution < -0.4 is 4.74 Å². The molecule has 1 heterocycles. The first-order valence-electron chi connectivity index (χ1n) is 6.46. The quantitative estimate of drug-likeness (QED) is 0.832. The normalized spacial score (nSPS) is 10.6. The van der Waals surface area contributed by atoms with Gasteiger partial charge >= 0.3 is 5.97 Å². The molecule has 2 rings (SSSR count). The molecule has 0 radical (unpaired) electrons. The molecule has 7 heteroatoms. The minimum absolute atomic E-state index is 0.0906. The van der Waals surface area contributed by atoms with Crippen LogP contribution in [0.15, 0.2) is 24.3 Å². The third-order valence-electron chi connectivity index (χ3n) is 2.91. The molecule has 0 saturated carbocycles. The number of carboxylic acid groups (broad SMARTS) is 1. The van der Waals surface area contributed by atoms with Gasteiger partial charge in [0.15, 0.2) is 5.69 Å². The van der Waals surface area contributed by atoms with E-state index in [0.29, 0.717) is 18.8 Å². The summed E-state index contributed by atoms with van der Waals surface area (Å²) in [6.45, 7) is 2.90. The SMILES string of the molecule is COCc1c(C(=O)O)nnn1CCOc1ccc(C)cc1. The molecular formula is C14H17N3O4. The first-order chi connectivity index (χ1) is 10.1. The topological polar surface area (TPSA) is 86.5 Å². The highest BCUT2D eigenvalue weighted by molar-refractivity contribution is 5.86. The van der Waals surface area contributed by atoms with Gasteiger partial charge in [0.05, 0.1) is 18.8 Å². The van der Waals surface area contributed by atoms with Gasteiger partial charge in [-0.05, 0) is 19.1 Å². The van der Waals surface area contributed by atoms with Crippen molar-refractivity contribution < 1.29 is 19.4 Å². The van der Waals surface area contributed by atoms with Crippen molar-refractivity contribution in [2.24, 2.45) is 0 Å². The average Bonchev–Trinajstić information content (AvgIpc) is 2.85. The zero-order chi connectivity index (χ0) is 15.2. The maximum Gasteiger partial charge on any atom is 0.358 e. The van der Waals surface area contributed by atoms with Crippen LogP contribution in [0.2, 0.25) is 0 Å². The van der Waals surface area contributed by atoms with Crippen molar-refractivity contribution >= 4 is 5.97 Å². The predicted octanol–water partition coefficient (Wildman–Crippen LogP) is 1.51. The van der Waals surface area contributed by atoms with Crippen molar-refractivity contribution in [2.45, 2.75) is 20.1 Å². The van der Waals surface area contributed by atoms with Crippen LogP contribution in [0.25, 0.3) is 0 Å². The molecule has 0 spiro atoms. The number of methoxy groups -OCH3 is 1. The van der Waals surface area contributed by atoms with Gasteiger partial charge in [-0.2, -0.15) is 0 Å². The Kier molecular flexibility index (Phi) is 4.89. The van der Waals surface area contributed by atoms with E-state index in [4.69, 9.17) is 14.6 Å². The third-order valence-corrected chi connectivity index (χ3v) is 2.91. The van der Waals surface area contributed by atoms with Gasteiger partial charge in [-0.1, -0.05) is 22.9 Å². The zero-order valence-electron chi connectivity index (χ0n) is 11.9. The number of carbonyl (C=O) groups is 1. The molecule has 21 heavy (non-hydrogen) atoms. The third kappa shape index (κ3) is 3.79. The van der Waals surface area contributed by atoms with Crippen molar-refractivity contribution in [3.63, 3.8) is 0 Å². The summed E-state index contributed by atoms with van der Waals surface area (Å²) in [6.07, 6.45) is 0. The van der Waals surface area contributed by atoms with Crippen molar-refractivity contribution in [3.05, 3.63) is 41.2 Å². The Morgan fingerprint density at radius 1 is 1.33 bits per heavy atom. The predicted molar refractivity (Wildman–Crippen MR) is 74.4 cm³/mol. The van der Waals surface area contributed by atoms with Crippen LogP contribution in [-0.2, 0) is 17.9 Å². The number of rotatable bonds is 7. The first-order valence-corrected chi connectivity index (χ1v) is 6.46. The Bertz CT molecular complexity index is 607. The fraction of sp³-hybridized carbons (Fsp3) is 0.357. The van der Waals surface area contributed by atoms with E-state index in [1.165, 1.54) is 11.8 Å². The highest BCUT2D eigenvalue weighted by Gasteiger charge is 2.18. The van der Waals surface area contributed by atoms with Crippen LogP contribution in [-0.4, -0.2) is 39.8 Å². The molecule has 0 unspecified atom stereocenters. The van der Waals surface area contributed by atoms with E-state index in [2.05, 4.69) is 10.3 Å². The molecule has 0 saturated heterocycles. The Morgan fingerprint density at radius 2 is 2.05 bits per heavy atom. The number of carboxylic acids is 1. The second-order valence-electron chi connectivity index (χ2n) is 4.51. The number of nitrogens with zero attached hydrogens (tertiary/aromatic N) is 3. The summed E-state index contributed by atoms with van der Waals surface area (Å²) in [4.78, 5) is 11.0. The number of ether oxygens (including phenoxy) is 2. The maximum absolute atomic E-state index is 11.0. The molecule has 7 nitrogen and oxygen atoms in total. The summed E-state index contributed by atoms with van der Waals surface area (Å²) in [7, 11) is 1.49. The van der Waals surface area contributed by atoms with E-state index in [0.717, 1.165) is 11.3 Å². The van der Waals surface area contributed by atoms with Gasteiger partial charge in [0.1, 0.15) is 12.4 Å². The van der Waals surface area contributed by atoms with Crippen molar-refractivity contribution in [2.75, 3.05) is 13.7 Å². The van der Waals surface area contributed by atoms with E-state index in [-0.39, 0.29) is 12.3 Å². The van der Waals surface area contributed by atoms with Gasteiger partial charge in [-0.25, -0.2) is 9.48 Å². The average molecular weight is 291 g/mol. The molecule has 1 N–H and O–H groups in total. The Labute approximate surface area is 122 Å². The lowest BCUT2D eigenvalue weighted by molar-refractivity contribution is 0.0684. The summed E-state index contributed by atoms with van der Waals surface area (Å²) in [5, 5.41) is 16.5. The van der Waals surface area contributed by atoms with Gasteiger partial charge in [0.25, 0.3) is 0 Å². The first kappa shape index (κ1) is 15.0. The van der Waals surface area contributed by atoms with Crippen LogP contribution in [0.1, 0.15) is 21.7 Å². The summed E-state index contributed by atoms with van der Waals surface area (Å²) in [5.74, 6) is -0.361. The molecule has 0 aliphatic rings. The van der Waals surface area contributed by atoms with E-state index >= 15 is 0 Å². The molecule has 0 amide bonds. The lowest BCUT2D eigenvalue weighted by Crippen LogP contribution is -2.14. The van der Waals surface area contributed by atoms with Crippen molar-refractivity contribution in [1.82, 2.24) is 15.0 Å². The summed E-state index contributed by atoms with van der Waals surface area (Å²) >= 11 is 0. The van der Waals surface area contributed by atoms with Crippen molar-refractivity contribution in [1.29, 1.82) is 0 Å².